The lowest BCUT2D eigenvalue weighted by Crippen LogP contribution is -2.22. The van der Waals surface area contributed by atoms with E-state index in [0.29, 0.717) is 34.3 Å². The van der Waals surface area contributed by atoms with Crippen LogP contribution in [-0.4, -0.2) is 59.7 Å². The Labute approximate surface area is 196 Å². The minimum Gasteiger partial charge on any atom is -0.497 e. The highest BCUT2D eigenvalue weighted by atomic mass is 32.2. The standard InChI is InChI=1S/C20H18N8O3S.2H2O/c1-27-18(32-3)14-16(25-27)23-19(24-20(29)21-11-6-8-12(30-2)9-7-11)28-17(14)22-15(26-28)13-5-4-10-31-13;;/h4-10H,1-3H3,(H2,21,23,24,25,29);2*1H2. The van der Waals surface area contributed by atoms with E-state index in [9.17, 15) is 4.79 Å². The summed E-state index contributed by atoms with van der Waals surface area (Å²) >= 11 is 1.52. The third-order valence-electron chi connectivity index (χ3n) is 4.73. The Hall–Kier alpha value is -4.14. The molecule has 0 aliphatic rings. The smallest absolute Gasteiger partial charge is 0.326 e. The largest absolute Gasteiger partial charge is 0.497 e. The summed E-state index contributed by atoms with van der Waals surface area (Å²) in [4.78, 5) is 21.8. The molecule has 5 aromatic rings. The average molecular weight is 487 g/mol. The fraction of sp³-hybridized carbons (Fsp3) is 0.150. The van der Waals surface area contributed by atoms with Gasteiger partial charge >= 0.3 is 6.03 Å². The molecule has 4 aromatic heterocycles. The average Bonchev–Trinajstić information content (AvgIpc) is 3.52. The van der Waals surface area contributed by atoms with Gasteiger partial charge in [-0.1, -0.05) is 0 Å². The van der Waals surface area contributed by atoms with Gasteiger partial charge in [-0.3, -0.25) is 10.00 Å². The molecular formula is C20H22N8O5S. The van der Waals surface area contributed by atoms with Crippen LogP contribution in [0.3, 0.4) is 0 Å². The summed E-state index contributed by atoms with van der Waals surface area (Å²) in [5, 5.41) is 16.1. The number of nitrogens with one attached hydrogen (secondary N) is 2. The molecule has 0 aliphatic carbocycles. The van der Waals surface area contributed by atoms with Gasteiger partial charge in [0.2, 0.25) is 11.8 Å². The molecular weight excluding hydrogens is 464 g/mol. The van der Waals surface area contributed by atoms with E-state index < -0.39 is 6.03 Å². The van der Waals surface area contributed by atoms with Crippen LogP contribution in [0, 0.1) is 0 Å². The van der Waals surface area contributed by atoms with E-state index in [1.165, 1.54) is 16.3 Å². The van der Waals surface area contributed by atoms with Crippen molar-refractivity contribution < 1.29 is 24.9 Å². The van der Waals surface area contributed by atoms with E-state index in [-0.39, 0.29) is 16.9 Å². The fourth-order valence-electron chi connectivity index (χ4n) is 3.30. The molecule has 13 nitrogen and oxygen atoms in total. The summed E-state index contributed by atoms with van der Waals surface area (Å²) in [7, 11) is 3.41. The fourth-order valence-corrected chi connectivity index (χ4v) is 3.99. The number of carbonyl (C=O) groups excluding carboxylic acids is 1. The molecule has 0 spiro atoms. The van der Waals surface area contributed by atoms with Crippen molar-refractivity contribution in [1.29, 1.82) is 0 Å². The van der Waals surface area contributed by atoms with E-state index in [4.69, 9.17) is 9.15 Å². The summed E-state index contributed by atoms with van der Waals surface area (Å²) < 4.78 is 13.8. The number of benzene rings is 1. The zero-order chi connectivity index (χ0) is 22.2. The summed E-state index contributed by atoms with van der Waals surface area (Å²) in [6.45, 7) is 0. The van der Waals surface area contributed by atoms with E-state index in [2.05, 4.69) is 30.8 Å². The van der Waals surface area contributed by atoms with Gasteiger partial charge in [0.05, 0.1) is 18.8 Å². The minimum absolute atomic E-state index is 0. The first-order valence-electron chi connectivity index (χ1n) is 9.51. The van der Waals surface area contributed by atoms with E-state index in [0.717, 1.165) is 10.4 Å². The second kappa shape index (κ2) is 9.78. The van der Waals surface area contributed by atoms with Gasteiger partial charge in [-0.2, -0.15) is 14.6 Å². The van der Waals surface area contributed by atoms with Crippen LogP contribution in [0.4, 0.5) is 16.4 Å². The zero-order valence-corrected chi connectivity index (χ0v) is 19.2. The molecule has 0 atom stereocenters. The lowest BCUT2D eigenvalue weighted by molar-refractivity contribution is 0.262. The summed E-state index contributed by atoms with van der Waals surface area (Å²) in [6, 6.07) is 10.0. The van der Waals surface area contributed by atoms with Crippen molar-refractivity contribution in [3.8, 4) is 17.3 Å². The Balaban J connectivity index is 0.00000162. The molecule has 34 heavy (non-hydrogen) atoms. The highest BCUT2D eigenvalue weighted by molar-refractivity contribution is 7.98. The number of carbonyl (C=O) groups is 1. The predicted molar refractivity (Wildman–Crippen MR) is 127 cm³/mol. The van der Waals surface area contributed by atoms with Crippen LogP contribution in [0.1, 0.15) is 0 Å². The number of hydrogen-bond acceptors (Lipinski definition) is 8. The number of aryl methyl sites for hydroxylation is 1. The zero-order valence-electron chi connectivity index (χ0n) is 18.4. The Kier molecular flexibility index (Phi) is 7.05. The Morgan fingerprint density at radius 1 is 1.09 bits per heavy atom. The van der Waals surface area contributed by atoms with Crippen LogP contribution in [0.2, 0.25) is 0 Å². The minimum atomic E-state index is -0.487. The number of fused-ring (bicyclic) bond motifs is 3. The molecule has 6 N–H and O–H groups in total. The van der Waals surface area contributed by atoms with Crippen molar-refractivity contribution in [2.75, 3.05) is 24.0 Å². The second-order valence-electron chi connectivity index (χ2n) is 6.72. The van der Waals surface area contributed by atoms with Crippen LogP contribution in [0.5, 0.6) is 5.75 Å². The number of urea groups is 1. The first-order valence-corrected chi connectivity index (χ1v) is 10.7. The molecule has 2 amide bonds. The maximum Gasteiger partial charge on any atom is 0.326 e. The predicted octanol–water partition coefficient (Wildman–Crippen LogP) is 2.00. The third kappa shape index (κ3) is 4.24. The van der Waals surface area contributed by atoms with Gasteiger partial charge in [0.1, 0.15) is 10.8 Å². The lowest BCUT2D eigenvalue weighted by Gasteiger charge is -2.09. The molecule has 0 fully saturated rings. The lowest BCUT2D eigenvalue weighted by atomic mass is 10.3. The van der Waals surface area contributed by atoms with Crippen LogP contribution in [0.15, 0.2) is 52.1 Å². The van der Waals surface area contributed by atoms with E-state index >= 15 is 0 Å². The van der Waals surface area contributed by atoms with Gasteiger partial charge in [-0.15, -0.1) is 16.9 Å². The van der Waals surface area contributed by atoms with Crippen LogP contribution >= 0.6 is 11.8 Å². The third-order valence-corrected chi connectivity index (χ3v) is 5.58. The van der Waals surface area contributed by atoms with E-state index in [1.807, 2.05) is 13.3 Å². The number of ether oxygens (including phenoxy) is 1. The first kappa shape index (κ1) is 24.5. The molecule has 0 bridgehead atoms. The normalized spacial score (nSPS) is 10.6. The monoisotopic (exact) mass is 486 g/mol. The second-order valence-corrected chi connectivity index (χ2v) is 7.52. The number of methoxy groups -OCH3 is 1. The molecule has 0 radical (unpaired) electrons. The number of anilines is 2. The van der Waals surface area contributed by atoms with Gasteiger partial charge < -0.3 is 25.4 Å². The highest BCUT2D eigenvalue weighted by Crippen LogP contribution is 2.31. The molecule has 178 valence electrons. The molecule has 5 rings (SSSR count). The van der Waals surface area contributed by atoms with Crippen molar-refractivity contribution >= 4 is 46.1 Å². The topological polar surface area (TPSA) is 187 Å². The van der Waals surface area contributed by atoms with Gasteiger partial charge in [0.25, 0.3) is 0 Å². The van der Waals surface area contributed by atoms with Crippen molar-refractivity contribution in [3.05, 3.63) is 42.7 Å². The molecule has 0 saturated carbocycles. The van der Waals surface area contributed by atoms with Crippen molar-refractivity contribution in [2.45, 2.75) is 5.03 Å². The van der Waals surface area contributed by atoms with Crippen molar-refractivity contribution in [3.63, 3.8) is 0 Å². The number of nitrogens with zero attached hydrogens (tertiary/aromatic N) is 6. The molecule has 14 heteroatoms. The summed E-state index contributed by atoms with van der Waals surface area (Å²) in [5.74, 6) is 1.75. The van der Waals surface area contributed by atoms with Crippen molar-refractivity contribution in [2.24, 2.45) is 7.05 Å². The number of rotatable bonds is 5. The molecule has 4 heterocycles. The molecule has 0 aliphatic heterocycles. The highest BCUT2D eigenvalue weighted by Gasteiger charge is 2.22. The maximum atomic E-state index is 12.7. The number of furan rings is 1. The van der Waals surface area contributed by atoms with Gasteiger partial charge in [0, 0.05) is 12.7 Å². The number of thioether (sulfide) groups is 1. The summed E-state index contributed by atoms with van der Waals surface area (Å²) in [6.07, 6.45) is 3.50. The Morgan fingerprint density at radius 3 is 2.50 bits per heavy atom. The first-order chi connectivity index (χ1) is 15.6. The van der Waals surface area contributed by atoms with Crippen LogP contribution in [-0.2, 0) is 7.05 Å². The maximum absolute atomic E-state index is 12.7. The molecule has 1 aromatic carbocycles. The van der Waals surface area contributed by atoms with Gasteiger partial charge in [-0.05, 0) is 42.7 Å². The molecule has 0 unspecified atom stereocenters. The number of hydrogen-bond donors (Lipinski definition) is 2. The number of amides is 2. The Bertz CT molecular complexity index is 1430. The SMILES string of the molecule is COc1ccc(NC(=O)Nc2nc3nn(C)c(SC)c3c3nc(-c4ccco4)nn23)cc1.O.O. The summed E-state index contributed by atoms with van der Waals surface area (Å²) in [5.41, 5.74) is 1.55. The quantitative estimate of drug-likeness (QED) is 0.353. The van der Waals surface area contributed by atoms with Gasteiger partial charge in [0.15, 0.2) is 17.1 Å². The van der Waals surface area contributed by atoms with Crippen LogP contribution in [0.25, 0.3) is 28.3 Å². The number of aromatic nitrogens is 6. The van der Waals surface area contributed by atoms with E-state index in [1.54, 1.807) is 54.5 Å². The Morgan fingerprint density at radius 2 is 1.85 bits per heavy atom. The molecule has 0 saturated heterocycles. The van der Waals surface area contributed by atoms with Crippen LogP contribution < -0.4 is 15.4 Å². The van der Waals surface area contributed by atoms with Gasteiger partial charge in [-0.25, -0.2) is 9.78 Å². The van der Waals surface area contributed by atoms with Crippen molar-refractivity contribution in [1.82, 2.24) is 29.4 Å².